The van der Waals surface area contributed by atoms with E-state index >= 15 is 0 Å². The van der Waals surface area contributed by atoms with Gasteiger partial charge < -0.3 is 11.4 Å². The standard InChI is InChI=1S/3C17H31O.Al/c3*1-12(2)8-17(9-13(3)4)10-15(11-17)16(18)14-6-5-7-14;/h3*12-16H,5-11H2,1-4H3;/q3*-1;+3. The highest BCUT2D eigenvalue weighted by atomic mass is 27.3. The fraction of sp³-hybridized carbons (Fsp3) is 1.00. The Bertz CT molecular complexity index is 966. The van der Waals surface area contributed by atoms with Gasteiger partial charge in [-0.1, -0.05) is 102 Å². The second-order valence-corrected chi connectivity index (χ2v) is 26.2. The Kier molecular flexibility index (Phi) is 15.5. The van der Waals surface area contributed by atoms with E-state index in [-0.39, 0.29) is 0 Å². The average molecular weight is 781 g/mol. The molecule has 0 N–H and O–H groups in total. The van der Waals surface area contributed by atoms with E-state index in [1.807, 2.05) is 0 Å². The fourth-order valence-electron chi connectivity index (χ4n) is 14.9. The van der Waals surface area contributed by atoms with E-state index in [2.05, 4.69) is 83.1 Å². The van der Waals surface area contributed by atoms with E-state index in [9.17, 15) is 0 Å². The number of rotatable bonds is 24. The molecule has 0 aromatic rings. The highest BCUT2D eigenvalue weighted by Crippen LogP contribution is 2.61. The molecule has 0 radical (unpaired) electrons. The average Bonchev–Trinajstić information content (AvgIpc) is 2.90. The van der Waals surface area contributed by atoms with Crippen molar-refractivity contribution in [3.05, 3.63) is 0 Å². The topological polar surface area (TPSA) is 27.7 Å². The minimum Gasteiger partial charge on any atom is -0.451 e. The van der Waals surface area contributed by atoms with Crippen LogP contribution in [0.5, 0.6) is 0 Å². The van der Waals surface area contributed by atoms with Gasteiger partial charge in [-0.3, -0.25) is 0 Å². The zero-order valence-electron chi connectivity index (χ0n) is 38.8. The molecule has 0 bridgehead atoms. The van der Waals surface area contributed by atoms with Crippen molar-refractivity contribution in [2.45, 2.75) is 236 Å². The first kappa shape index (κ1) is 45.0. The van der Waals surface area contributed by atoms with Crippen LogP contribution in [0.2, 0.25) is 0 Å². The lowest BCUT2D eigenvalue weighted by Crippen LogP contribution is -2.56. The van der Waals surface area contributed by atoms with Gasteiger partial charge in [-0.25, -0.2) is 0 Å². The van der Waals surface area contributed by atoms with Gasteiger partial charge in [0.1, 0.15) is 0 Å². The van der Waals surface area contributed by atoms with E-state index in [4.69, 9.17) is 11.4 Å². The summed E-state index contributed by atoms with van der Waals surface area (Å²) in [5.74, 6) is 8.84. The molecule has 3 nitrogen and oxygen atoms in total. The van der Waals surface area contributed by atoms with Crippen LogP contribution >= 0.6 is 0 Å². The molecule has 0 aliphatic heterocycles. The summed E-state index contributed by atoms with van der Waals surface area (Å²) >= 11 is -2.43. The lowest BCUT2D eigenvalue weighted by atomic mass is 9.53. The zero-order valence-corrected chi connectivity index (χ0v) is 40.0. The molecule has 0 heterocycles. The second-order valence-electron chi connectivity index (χ2n) is 24.8. The molecule has 6 aliphatic carbocycles. The Morgan fingerprint density at radius 1 is 0.345 bits per heavy atom. The summed E-state index contributed by atoms with van der Waals surface area (Å²) < 4.78 is 23.3. The first-order valence-corrected chi connectivity index (χ1v) is 26.3. The summed E-state index contributed by atoms with van der Waals surface area (Å²) in [6, 6.07) is 0. The summed E-state index contributed by atoms with van der Waals surface area (Å²) in [4.78, 5) is 0. The molecule has 6 fully saturated rings. The summed E-state index contributed by atoms with van der Waals surface area (Å²) in [5, 5.41) is 0. The lowest BCUT2D eigenvalue weighted by molar-refractivity contribution is -0.148. The summed E-state index contributed by atoms with van der Waals surface area (Å²) in [6.45, 7) is 29.5. The molecule has 0 aromatic carbocycles. The monoisotopic (exact) mass is 781 g/mol. The van der Waals surface area contributed by atoms with Crippen molar-refractivity contribution in [1.82, 2.24) is 0 Å². The second kappa shape index (κ2) is 19.0. The first-order valence-electron chi connectivity index (χ1n) is 24.9. The van der Waals surface area contributed by atoms with Gasteiger partial charge in [0.25, 0.3) is 0 Å². The van der Waals surface area contributed by atoms with Crippen LogP contribution < -0.4 is 0 Å². The maximum atomic E-state index is 7.75. The van der Waals surface area contributed by atoms with Crippen molar-refractivity contribution < 1.29 is 11.4 Å². The Morgan fingerprint density at radius 3 is 0.691 bits per heavy atom. The van der Waals surface area contributed by atoms with Crippen LogP contribution in [-0.2, 0) is 11.4 Å². The van der Waals surface area contributed by atoms with Gasteiger partial charge in [-0.15, -0.1) is 0 Å². The van der Waals surface area contributed by atoms with Gasteiger partial charge >= 0.3 is 15.1 Å². The Labute approximate surface area is 348 Å². The van der Waals surface area contributed by atoms with Gasteiger partial charge in [0, 0.05) is 18.3 Å². The molecule has 4 heteroatoms. The molecule has 0 spiro atoms. The van der Waals surface area contributed by atoms with Crippen molar-refractivity contribution in [2.24, 2.45) is 87.3 Å². The molecule has 6 aliphatic rings. The normalized spacial score (nSPS) is 26.5. The van der Waals surface area contributed by atoms with Gasteiger partial charge in [0.15, 0.2) is 0 Å². The van der Waals surface area contributed by atoms with E-state index < -0.39 is 15.1 Å². The maximum Gasteiger partial charge on any atom is 0.906 e. The molecule has 3 unspecified atom stereocenters. The fourth-order valence-corrected chi connectivity index (χ4v) is 17.2. The highest BCUT2D eigenvalue weighted by molar-refractivity contribution is 6.36. The predicted octanol–water partition coefficient (Wildman–Crippen LogP) is 15.0. The minimum absolute atomic E-state index is 0.353. The summed E-state index contributed by atoms with van der Waals surface area (Å²) in [5.41, 5.74) is 1.55. The number of hydrogen-bond acceptors (Lipinski definition) is 3. The Morgan fingerprint density at radius 2 is 0.545 bits per heavy atom. The summed E-state index contributed by atoms with van der Waals surface area (Å²) in [7, 11) is 0. The summed E-state index contributed by atoms with van der Waals surface area (Å²) in [6.07, 6.45) is 29.8. The van der Waals surface area contributed by atoms with Crippen LogP contribution in [0.3, 0.4) is 0 Å². The smallest absolute Gasteiger partial charge is 0.451 e. The van der Waals surface area contributed by atoms with Crippen LogP contribution in [0.25, 0.3) is 0 Å². The minimum atomic E-state index is -2.43. The maximum absolute atomic E-state index is 7.75. The quantitative estimate of drug-likeness (QED) is 0.0913. The Hall–Kier alpha value is 0.412. The van der Waals surface area contributed by atoms with E-state index in [1.165, 1.54) is 135 Å². The molecule has 6 rings (SSSR count). The van der Waals surface area contributed by atoms with Gasteiger partial charge in [0.05, 0.1) is 0 Å². The van der Waals surface area contributed by atoms with E-state index in [0.717, 1.165) is 53.3 Å². The molecule has 0 aromatic heterocycles. The first-order chi connectivity index (χ1) is 26.0. The van der Waals surface area contributed by atoms with Crippen molar-refractivity contribution >= 4 is 15.1 Å². The molecular formula is C51H93AlO3. The van der Waals surface area contributed by atoms with Crippen LogP contribution in [-0.4, -0.2) is 33.5 Å². The highest BCUT2D eigenvalue weighted by Gasteiger charge is 2.58. The molecule has 6 saturated carbocycles. The molecular weight excluding hydrogens is 688 g/mol. The third kappa shape index (κ3) is 11.4. The third-order valence-corrected chi connectivity index (χ3v) is 17.9. The van der Waals surface area contributed by atoms with Crippen molar-refractivity contribution in [1.29, 1.82) is 0 Å². The van der Waals surface area contributed by atoms with Crippen LogP contribution in [0.1, 0.15) is 218 Å². The van der Waals surface area contributed by atoms with Gasteiger partial charge in [-0.05, 0) is 203 Å². The molecule has 318 valence electrons. The molecule has 3 atom stereocenters. The van der Waals surface area contributed by atoms with Crippen molar-refractivity contribution in [3.63, 3.8) is 0 Å². The van der Waals surface area contributed by atoms with Crippen molar-refractivity contribution in [2.75, 3.05) is 0 Å². The van der Waals surface area contributed by atoms with E-state index in [0.29, 0.717) is 52.3 Å². The van der Waals surface area contributed by atoms with Crippen LogP contribution in [0.15, 0.2) is 0 Å². The molecule has 0 amide bonds. The Balaban J connectivity index is 1.25. The van der Waals surface area contributed by atoms with E-state index in [1.54, 1.807) is 0 Å². The van der Waals surface area contributed by atoms with Gasteiger partial charge in [0.2, 0.25) is 0 Å². The zero-order chi connectivity index (χ0) is 39.7. The van der Waals surface area contributed by atoms with Gasteiger partial charge in [-0.2, -0.15) is 0 Å². The largest absolute Gasteiger partial charge is 0.906 e. The van der Waals surface area contributed by atoms with Crippen LogP contribution in [0, 0.1) is 87.3 Å². The predicted molar refractivity (Wildman–Crippen MR) is 235 cm³/mol. The SMILES string of the molecule is CC(C)CC1(CC(C)C)CC(C([O][Al]([O]C(C2CCC2)C2CC(CC(C)C)(CC(C)C)C2)[O]C(C2CCC2)C2CC(CC(C)C)(CC(C)C)C2)C2CCC2)C1. The third-order valence-electron chi connectivity index (χ3n) is 16.3. The lowest BCUT2D eigenvalue weighted by Gasteiger charge is -2.57. The van der Waals surface area contributed by atoms with Crippen LogP contribution in [0.4, 0.5) is 0 Å². The number of hydrogen-bond donors (Lipinski definition) is 0. The molecule has 55 heavy (non-hydrogen) atoms. The van der Waals surface area contributed by atoms with Crippen molar-refractivity contribution in [3.8, 4) is 0 Å². The molecule has 0 saturated heterocycles.